The smallest absolute Gasteiger partial charge is 0.227 e. The highest BCUT2D eigenvalue weighted by Crippen LogP contribution is 2.10. The van der Waals surface area contributed by atoms with Crippen molar-refractivity contribution in [1.29, 1.82) is 0 Å². The second-order valence-corrected chi connectivity index (χ2v) is 5.19. The second kappa shape index (κ2) is 7.60. The van der Waals surface area contributed by atoms with Gasteiger partial charge in [0, 0.05) is 7.05 Å². The van der Waals surface area contributed by atoms with Crippen molar-refractivity contribution in [3.8, 4) is 0 Å². The van der Waals surface area contributed by atoms with Gasteiger partial charge in [-0.3, -0.25) is 4.79 Å². The fourth-order valence-corrected chi connectivity index (χ4v) is 2.31. The number of amides is 1. The molecule has 0 aliphatic rings. The van der Waals surface area contributed by atoms with Gasteiger partial charge < -0.3 is 10.0 Å². The predicted molar refractivity (Wildman–Crippen MR) is 83.9 cm³/mol. The van der Waals surface area contributed by atoms with Crippen molar-refractivity contribution in [2.75, 3.05) is 13.7 Å². The normalized spacial score (nSPS) is 11.9. The molecular formula is C18H21NO2. The van der Waals surface area contributed by atoms with Crippen molar-refractivity contribution in [2.45, 2.75) is 18.9 Å². The van der Waals surface area contributed by atoms with Crippen molar-refractivity contribution in [1.82, 2.24) is 4.90 Å². The molecule has 3 nitrogen and oxygen atoms in total. The molecule has 0 saturated heterocycles. The van der Waals surface area contributed by atoms with E-state index in [0.717, 1.165) is 11.1 Å². The molecule has 110 valence electrons. The molecule has 2 aromatic carbocycles. The summed E-state index contributed by atoms with van der Waals surface area (Å²) in [6.07, 6.45) is 1.02. The molecule has 1 N–H and O–H groups in total. The molecule has 1 amide bonds. The summed E-state index contributed by atoms with van der Waals surface area (Å²) in [6.45, 7) is -0.0358. The third-order valence-corrected chi connectivity index (χ3v) is 3.66. The largest absolute Gasteiger partial charge is 0.394 e. The van der Waals surface area contributed by atoms with Crippen molar-refractivity contribution < 1.29 is 9.90 Å². The van der Waals surface area contributed by atoms with E-state index in [1.807, 2.05) is 60.7 Å². The van der Waals surface area contributed by atoms with Gasteiger partial charge in [0.1, 0.15) is 0 Å². The van der Waals surface area contributed by atoms with E-state index in [-0.39, 0.29) is 18.6 Å². The molecule has 0 radical (unpaired) electrons. The monoisotopic (exact) mass is 283 g/mol. The Labute approximate surface area is 125 Å². The van der Waals surface area contributed by atoms with Crippen molar-refractivity contribution in [3.63, 3.8) is 0 Å². The lowest BCUT2D eigenvalue weighted by Crippen LogP contribution is -2.41. The lowest BCUT2D eigenvalue weighted by atomic mass is 10.0. The van der Waals surface area contributed by atoms with Crippen LogP contribution in [0.2, 0.25) is 0 Å². The highest BCUT2D eigenvalue weighted by molar-refractivity contribution is 5.78. The Morgan fingerprint density at radius 1 is 1.00 bits per heavy atom. The van der Waals surface area contributed by atoms with Crippen molar-refractivity contribution >= 4 is 5.91 Å². The molecule has 2 rings (SSSR count). The first-order valence-corrected chi connectivity index (χ1v) is 7.15. The van der Waals surface area contributed by atoms with Crippen LogP contribution in [0, 0.1) is 0 Å². The molecule has 0 aliphatic heterocycles. The van der Waals surface area contributed by atoms with Crippen LogP contribution in [0.4, 0.5) is 0 Å². The molecule has 21 heavy (non-hydrogen) atoms. The van der Waals surface area contributed by atoms with Crippen LogP contribution in [-0.2, 0) is 17.6 Å². The zero-order valence-corrected chi connectivity index (χ0v) is 12.3. The maximum atomic E-state index is 12.3. The van der Waals surface area contributed by atoms with Gasteiger partial charge >= 0.3 is 0 Å². The molecule has 0 heterocycles. The van der Waals surface area contributed by atoms with Crippen LogP contribution in [0.3, 0.4) is 0 Å². The van der Waals surface area contributed by atoms with Crippen molar-refractivity contribution in [2.24, 2.45) is 0 Å². The van der Waals surface area contributed by atoms with E-state index < -0.39 is 0 Å². The fraction of sp³-hybridized carbons (Fsp3) is 0.278. The minimum absolute atomic E-state index is 0.0242. The van der Waals surface area contributed by atoms with Crippen LogP contribution in [0.15, 0.2) is 60.7 Å². The van der Waals surface area contributed by atoms with Gasteiger partial charge in [-0.05, 0) is 17.5 Å². The van der Waals surface area contributed by atoms with Crippen LogP contribution in [0.1, 0.15) is 11.1 Å². The molecule has 0 fully saturated rings. The standard InChI is InChI=1S/C18H21NO2/c1-19(18(21)13-16-10-6-3-7-11-16)17(14-20)12-15-8-4-2-5-9-15/h2-11,17,20H,12-14H2,1H3/t17-/m0/s1. The zero-order valence-electron chi connectivity index (χ0n) is 12.3. The number of aliphatic hydroxyl groups is 1. The van der Waals surface area contributed by atoms with E-state index in [1.165, 1.54) is 0 Å². The van der Waals surface area contributed by atoms with E-state index in [4.69, 9.17) is 0 Å². The van der Waals surface area contributed by atoms with Gasteiger partial charge in [0.2, 0.25) is 5.91 Å². The van der Waals surface area contributed by atoms with Crippen LogP contribution in [0.5, 0.6) is 0 Å². The van der Waals surface area contributed by atoms with Gasteiger partial charge in [-0.15, -0.1) is 0 Å². The van der Waals surface area contributed by atoms with Crippen molar-refractivity contribution in [3.05, 3.63) is 71.8 Å². The maximum absolute atomic E-state index is 12.3. The van der Waals surface area contributed by atoms with Gasteiger partial charge in [-0.25, -0.2) is 0 Å². The molecule has 0 saturated carbocycles. The number of nitrogens with zero attached hydrogens (tertiary/aromatic N) is 1. The Morgan fingerprint density at radius 2 is 1.52 bits per heavy atom. The van der Waals surface area contributed by atoms with Gasteiger partial charge in [0.05, 0.1) is 19.1 Å². The molecule has 3 heteroatoms. The minimum Gasteiger partial charge on any atom is -0.394 e. The Hall–Kier alpha value is -2.13. The third kappa shape index (κ3) is 4.43. The highest BCUT2D eigenvalue weighted by Gasteiger charge is 2.19. The van der Waals surface area contributed by atoms with Crippen LogP contribution < -0.4 is 0 Å². The Bertz CT molecular complexity index is 554. The number of rotatable bonds is 6. The molecule has 0 spiro atoms. The molecule has 1 atom stereocenters. The lowest BCUT2D eigenvalue weighted by molar-refractivity contribution is -0.132. The quantitative estimate of drug-likeness (QED) is 0.883. The molecule has 0 bridgehead atoms. The Morgan fingerprint density at radius 3 is 2.05 bits per heavy atom. The first-order chi connectivity index (χ1) is 10.2. The van der Waals surface area contributed by atoms with Gasteiger partial charge in [0.25, 0.3) is 0 Å². The third-order valence-electron chi connectivity index (χ3n) is 3.66. The second-order valence-electron chi connectivity index (χ2n) is 5.19. The zero-order chi connectivity index (χ0) is 15.1. The SMILES string of the molecule is CN(C(=O)Cc1ccccc1)[C@H](CO)Cc1ccccc1. The van der Waals surface area contributed by atoms with Gasteiger partial charge in [-0.2, -0.15) is 0 Å². The van der Waals surface area contributed by atoms with Gasteiger partial charge in [0.15, 0.2) is 0 Å². The van der Waals surface area contributed by atoms with Gasteiger partial charge in [-0.1, -0.05) is 60.7 Å². The molecular weight excluding hydrogens is 262 g/mol. The Kier molecular flexibility index (Phi) is 5.52. The summed E-state index contributed by atoms with van der Waals surface area (Å²) in [7, 11) is 1.76. The summed E-state index contributed by atoms with van der Waals surface area (Å²) in [5.74, 6) is 0.0242. The number of carbonyl (C=O) groups excluding carboxylic acids is 1. The Balaban J connectivity index is 1.99. The first kappa shape index (κ1) is 15.3. The number of hydrogen-bond acceptors (Lipinski definition) is 2. The summed E-state index contributed by atoms with van der Waals surface area (Å²) in [5, 5.41) is 9.58. The van der Waals surface area contributed by atoms with E-state index >= 15 is 0 Å². The van der Waals surface area contributed by atoms with Crippen LogP contribution >= 0.6 is 0 Å². The number of hydrogen-bond donors (Lipinski definition) is 1. The summed E-state index contributed by atoms with van der Waals surface area (Å²) in [4.78, 5) is 14.0. The number of carbonyl (C=O) groups is 1. The highest BCUT2D eigenvalue weighted by atomic mass is 16.3. The predicted octanol–water partition coefficient (Wildman–Crippen LogP) is 2.29. The average molecular weight is 283 g/mol. The summed E-state index contributed by atoms with van der Waals surface area (Å²) >= 11 is 0. The lowest BCUT2D eigenvalue weighted by Gasteiger charge is -2.27. The fourth-order valence-electron chi connectivity index (χ4n) is 2.31. The van der Waals surface area contributed by atoms with Crippen LogP contribution in [-0.4, -0.2) is 35.6 Å². The number of likely N-dealkylation sites (N-methyl/N-ethyl adjacent to an activating group) is 1. The van der Waals surface area contributed by atoms with Crippen LogP contribution in [0.25, 0.3) is 0 Å². The van der Waals surface area contributed by atoms with E-state index in [1.54, 1.807) is 11.9 Å². The van der Waals surface area contributed by atoms with E-state index in [2.05, 4.69) is 0 Å². The molecule has 0 aromatic heterocycles. The maximum Gasteiger partial charge on any atom is 0.227 e. The summed E-state index contributed by atoms with van der Waals surface area (Å²) < 4.78 is 0. The topological polar surface area (TPSA) is 40.5 Å². The summed E-state index contributed by atoms with van der Waals surface area (Å²) in [6, 6.07) is 19.4. The molecule has 0 aliphatic carbocycles. The minimum atomic E-state index is -0.191. The van der Waals surface area contributed by atoms with E-state index in [9.17, 15) is 9.90 Å². The summed E-state index contributed by atoms with van der Waals surface area (Å²) in [5.41, 5.74) is 2.11. The molecule has 2 aromatic rings. The average Bonchev–Trinajstić information content (AvgIpc) is 2.54. The first-order valence-electron chi connectivity index (χ1n) is 7.15. The number of aliphatic hydroxyl groups excluding tert-OH is 1. The number of benzene rings is 2. The van der Waals surface area contributed by atoms with E-state index in [0.29, 0.717) is 12.8 Å². The molecule has 0 unspecified atom stereocenters.